The number of benzene rings is 2. The fourth-order valence-corrected chi connectivity index (χ4v) is 3.60. The molecule has 24 heavy (non-hydrogen) atoms. The number of piperidine rings is 1. The number of hydrogen-bond acceptors (Lipinski definition) is 2. The molecule has 0 spiro atoms. The van der Waals surface area contributed by atoms with Crippen LogP contribution in [0.4, 0.5) is 0 Å². The summed E-state index contributed by atoms with van der Waals surface area (Å²) in [6, 6.07) is 16.3. The van der Waals surface area contributed by atoms with Gasteiger partial charge in [-0.2, -0.15) is 0 Å². The highest BCUT2D eigenvalue weighted by Gasteiger charge is 2.34. The Bertz CT molecular complexity index is 716. The number of nitrogens with two attached hydrogens (primary N) is 1. The third kappa shape index (κ3) is 3.36. The summed E-state index contributed by atoms with van der Waals surface area (Å²) < 4.78 is 0. The van der Waals surface area contributed by atoms with Gasteiger partial charge in [-0.05, 0) is 48.9 Å². The molecule has 0 aromatic heterocycles. The van der Waals surface area contributed by atoms with Crippen LogP contribution in [0.1, 0.15) is 35.1 Å². The van der Waals surface area contributed by atoms with Gasteiger partial charge in [0.05, 0.1) is 6.42 Å². The van der Waals surface area contributed by atoms with Gasteiger partial charge in [-0.15, -0.1) is 0 Å². The van der Waals surface area contributed by atoms with E-state index in [9.17, 15) is 4.79 Å². The Morgan fingerprint density at radius 2 is 1.71 bits per heavy atom. The second-order valence-electron chi connectivity index (χ2n) is 6.95. The monoisotopic (exact) mass is 322 g/mol. The first-order valence-electron chi connectivity index (χ1n) is 8.67. The number of carbonyl (C=O) groups excluding carboxylic acids is 1. The van der Waals surface area contributed by atoms with E-state index in [4.69, 9.17) is 5.73 Å². The van der Waals surface area contributed by atoms with Gasteiger partial charge >= 0.3 is 0 Å². The van der Waals surface area contributed by atoms with E-state index in [2.05, 4.69) is 32.0 Å². The van der Waals surface area contributed by atoms with Gasteiger partial charge in [-0.3, -0.25) is 4.79 Å². The molecule has 2 aromatic carbocycles. The minimum Gasteiger partial charge on any atom is -0.342 e. The smallest absolute Gasteiger partial charge is 0.226 e. The van der Waals surface area contributed by atoms with Gasteiger partial charge in [-0.25, -0.2) is 0 Å². The predicted molar refractivity (Wildman–Crippen MR) is 97.7 cm³/mol. The molecule has 2 aromatic rings. The van der Waals surface area contributed by atoms with Crippen LogP contribution in [0.5, 0.6) is 0 Å². The molecule has 1 fully saturated rings. The Labute approximate surface area is 144 Å². The molecule has 0 atom stereocenters. The van der Waals surface area contributed by atoms with Crippen molar-refractivity contribution in [3.05, 3.63) is 70.8 Å². The molecule has 3 rings (SSSR count). The maximum absolute atomic E-state index is 12.5. The van der Waals surface area contributed by atoms with E-state index in [0.717, 1.165) is 31.5 Å². The van der Waals surface area contributed by atoms with Crippen molar-refractivity contribution in [2.24, 2.45) is 5.73 Å². The van der Waals surface area contributed by atoms with E-state index in [1.807, 2.05) is 35.2 Å². The Kier molecular flexibility index (Phi) is 4.72. The summed E-state index contributed by atoms with van der Waals surface area (Å²) in [6.07, 6.45) is 2.11. The highest BCUT2D eigenvalue weighted by Crippen LogP contribution is 2.33. The van der Waals surface area contributed by atoms with E-state index < -0.39 is 0 Å². The zero-order valence-corrected chi connectivity index (χ0v) is 14.6. The van der Waals surface area contributed by atoms with Crippen LogP contribution in [0.2, 0.25) is 0 Å². The summed E-state index contributed by atoms with van der Waals surface area (Å²) >= 11 is 0. The van der Waals surface area contributed by atoms with E-state index >= 15 is 0 Å². The van der Waals surface area contributed by atoms with Crippen LogP contribution in [0.3, 0.4) is 0 Å². The molecular formula is C21H26N2O. The average molecular weight is 322 g/mol. The molecular weight excluding hydrogens is 296 g/mol. The van der Waals surface area contributed by atoms with Gasteiger partial charge < -0.3 is 10.6 Å². The summed E-state index contributed by atoms with van der Waals surface area (Å²) in [6.45, 7) is 5.73. The molecule has 126 valence electrons. The fraction of sp³-hybridized carbons (Fsp3) is 0.381. The van der Waals surface area contributed by atoms with Crippen LogP contribution >= 0.6 is 0 Å². The predicted octanol–water partition coefficient (Wildman–Crippen LogP) is 3.32. The fourth-order valence-electron chi connectivity index (χ4n) is 3.60. The van der Waals surface area contributed by atoms with Crippen LogP contribution in [0.15, 0.2) is 48.5 Å². The first-order chi connectivity index (χ1) is 11.5. The van der Waals surface area contributed by atoms with Crippen molar-refractivity contribution < 1.29 is 4.79 Å². The SMILES string of the molecule is Cc1cccc(C2(N)CCN(C(=O)Cc3ccccc3)CC2)c1C. The van der Waals surface area contributed by atoms with Crippen LogP contribution in [-0.4, -0.2) is 23.9 Å². The lowest BCUT2D eigenvalue weighted by molar-refractivity contribution is -0.132. The summed E-state index contributed by atoms with van der Waals surface area (Å²) in [5, 5.41) is 0. The largest absolute Gasteiger partial charge is 0.342 e. The molecule has 0 aliphatic carbocycles. The summed E-state index contributed by atoms with van der Waals surface area (Å²) in [7, 11) is 0. The van der Waals surface area contributed by atoms with Crippen molar-refractivity contribution in [1.29, 1.82) is 0 Å². The Hall–Kier alpha value is -2.13. The number of amides is 1. The minimum atomic E-state index is -0.320. The lowest BCUT2D eigenvalue weighted by atomic mass is 9.79. The van der Waals surface area contributed by atoms with Crippen LogP contribution in [0, 0.1) is 13.8 Å². The molecule has 0 saturated carbocycles. The van der Waals surface area contributed by atoms with Crippen molar-refractivity contribution in [3.8, 4) is 0 Å². The zero-order chi connectivity index (χ0) is 17.2. The molecule has 3 nitrogen and oxygen atoms in total. The first-order valence-corrected chi connectivity index (χ1v) is 8.67. The summed E-state index contributed by atoms with van der Waals surface area (Å²) in [4.78, 5) is 14.5. The molecule has 0 unspecified atom stereocenters. The van der Waals surface area contributed by atoms with Gasteiger partial charge in [-0.1, -0.05) is 48.5 Å². The minimum absolute atomic E-state index is 0.198. The first kappa shape index (κ1) is 16.7. The van der Waals surface area contributed by atoms with Crippen molar-refractivity contribution >= 4 is 5.91 Å². The van der Waals surface area contributed by atoms with Crippen LogP contribution in [0.25, 0.3) is 0 Å². The highest BCUT2D eigenvalue weighted by atomic mass is 16.2. The van der Waals surface area contributed by atoms with Crippen molar-refractivity contribution in [2.75, 3.05) is 13.1 Å². The van der Waals surface area contributed by atoms with Crippen LogP contribution < -0.4 is 5.73 Å². The maximum atomic E-state index is 12.5. The number of carbonyl (C=O) groups is 1. The Morgan fingerprint density at radius 1 is 1.04 bits per heavy atom. The Balaban J connectivity index is 1.67. The van der Waals surface area contributed by atoms with E-state index in [1.54, 1.807) is 0 Å². The van der Waals surface area contributed by atoms with Gasteiger partial charge in [0.2, 0.25) is 5.91 Å². The van der Waals surface area contributed by atoms with Crippen molar-refractivity contribution in [2.45, 2.75) is 38.6 Å². The normalized spacial score (nSPS) is 16.9. The quantitative estimate of drug-likeness (QED) is 0.942. The summed E-state index contributed by atoms with van der Waals surface area (Å²) in [5.74, 6) is 0.198. The number of rotatable bonds is 3. The average Bonchev–Trinajstić information content (AvgIpc) is 2.58. The van der Waals surface area contributed by atoms with Crippen molar-refractivity contribution in [1.82, 2.24) is 4.90 Å². The Morgan fingerprint density at radius 3 is 2.38 bits per heavy atom. The van der Waals surface area contributed by atoms with Crippen molar-refractivity contribution in [3.63, 3.8) is 0 Å². The van der Waals surface area contributed by atoms with Gasteiger partial charge in [0, 0.05) is 18.6 Å². The molecule has 0 bridgehead atoms. The molecule has 2 N–H and O–H groups in total. The molecule has 1 heterocycles. The molecule has 1 aliphatic heterocycles. The van der Waals surface area contributed by atoms with E-state index in [-0.39, 0.29) is 11.4 Å². The van der Waals surface area contributed by atoms with E-state index in [1.165, 1.54) is 16.7 Å². The third-order valence-corrected chi connectivity index (χ3v) is 5.35. The third-order valence-electron chi connectivity index (χ3n) is 5.35. The number of aryl methyl sites for hydroxylation is 1. The molecule has 1 saturated heterocycles. The standard InChI is InChI=1S/C21H26N2O/c1-16-7-6-10-19(17(16)2)21(22)11-13-23(14-12-21)20(24)15-18-8-4-3-5-9-18/h3-10H,11-15,22H2,1-2H3. The summed E-state index contributed by atoms with van der Waals surface area (Å²) in [5.41, 5.74) is 11.3. The van der Waals surface area contributed by atoms with Gasteiger partial charge in [0.25, 0.3) is 0 Å². The second kappa shape index (κ2) is 6.78. The maximum Gasteiger partial charge on any atom is 0.226 e. The zero-order valence-electron chi connectivity index (χ0n) is 14.6. The number of hydrogen-bond donors (Lipinski definition) is 1. The molecule has 1 aliphatic rings. The highest BCUT2D eigenvalue weighted by molar-refractivity contribution is 5.78. The molecule has 1 amide bonds. The number of likely N-dealkylation sites (tertiary alicyclic amines) is 1. The van der Waals surface area contributed by atoms with E-state index in [0.29, 0.717) is 6.42 Å². The molecule has 3 heteroatoms. The lowest BCUT2D eigenvalue weighted by Gasteiger charge is -2.40. The molecule has 0 radical (unpaired) electrons. The topological polar surface area (TPSA) is 46.3 Å². The second-order valence-corrected chi connectivity index (χ2v) is 6.95. The number of nitrogens with zero attached hydrogens (tertiary/aromatic N) is 1. The lowest BCUT2D eigenvalue weighted by Crippen LogP contribution is -2.50. The van der Waals surface area contributed by atoms with Gasteiger partial charge in [0.1, 0.15) is 0 Å². The van der Waals surface area contributed by atoms with Crippen LogP contribution in [-0.2, 0) is 16.8 Å². The van der Waals surface area contributed by atoms with Gasteiger partial charge in [0.15, 0.2) is 0 Å².